The molecule has 0 bridgehead atoms. The van der Waals surface area contributed by atoms with Crippen LogP contribution in [0.25, 0.3) is 0 Å². The van der Waals surface area contributed by atoms with E-state index in [9.17, 15) is 13.5 Å². The number of likely N-dealkylation sites (N-methyl/N-ethyl adjacent to an activating group) is 1. The van der Waals surface area contributed by atoms with Crippen LogP contribution in [-0.4, -0.2) is 55.4 Å². The summed E-state index contributed by atoms with van der Waals surface area (Å²) in [4.78, 5) is 0. The number of rotatable bonds is 4. The average molecular weight is 236 g/mol. The number of hydrogen-bond acceptors (Lipinski definition) is 3. The summed E-state index contributed by atoms with van der Waals surface area (Å²) in [6.45, 7) is 0.188. The first-order valence-corrected chi connectivity index (χ1v) is 6.54. The van der Waals surface area contributed by atoms with Crippen LogP contribution in [0.3, 0.4) is 0 Å². The summed E-state index contributed by atoms with van der Waals surface area (Å²) in [5.74, 6) is 0. The number of nitrogens with zero attached hydrogens (tertiary/aromatic N) is 2. The van der Waals surface area contributed by atoms with E-state index in [1.807, 2.05) is 0 Å². The molecule has 0 aromatic heterocycles. The molecule has 0 radical (unpaired) electrons. The SMILES string of the molecule is CN(C)S(=O)(=O)N(C)CC1(O)CCCC1. The molecule has 0 spiro atoms. The van der Waals surface area contributed by atoms with Gasteiger partial charge in [0.1, 0.15) is 0 Å². The summed E-state index contributed by atoms with van der Waals surface area (Å²) < 4.78 is 25.8. The first kappa shape index (κ1) is 12.9. The van der Waals surface area contributed by atoms with Crippen LogP contribution in [0.4, 0.5) is 0 Å². The van der Waals surface area contributed by atoms with Gasteiger partial charge in [0.25, 0.3) is 10.2 Å². The number of aliphatic hydroxyl groups is 1. The van der Waals surface area contributed by atoms with Crippen LogP contribution in [0.2, 0.25) is 0 Å². The van der Waals surface area contributed by atoms with Crippen molar-refractivity contribution >= 4 is 10.2 Å². The average Bonchev–Trinajstić information content (AvgIpc) is 2.51. The molecule has 0 aromatic rings. The van der Waals surface area contributed by atoms with Crippen LogP contribution in [0.5, 0.6) is 0 Å². The summed E-state index contributed by atoms with van der Waals surface area (Å²) >= 11 is 0. The summed E-state index contributed by atoms with van der Waals surface area (Å²) in [5, 5.41) is 10.1. The minimum atomic E-state index is -3.40. The molecule has 1 N–H and O–H groups in total. The van der Waals surface area contributed by atoms with Crippen LogP contribution in [0.15, 0.2) is 0 Å². The molecule has 0 amide bonds. The van der Waals surface area contributed by atoms with Gasteiger partial charge in [0.05, 0.1) is 5.60 Å². The van der Waals surface area contributed by atoms with Crippen molar-refractivity contribution in [3.63, 3.8) is 0 Å². The molecule has 0 heterocycles. The van der Waals surface area contributed by atoms with Crippen molar-refractivity contribution in [2.75, 3.05) is 27.7 Å². The van der Waals surface area contributed by atoms with Gasteiger partial charge < -0.3 is 5.11 Å². The fraction of sp³-hybridized carbons (Fsp3) is 1.00. The maximum absolute atomic E-state index is 11.7. The van der Waals surface area contributed by atoms with Gasteiger partial charge in [-0.3, -0.25) is 0 Å². The molecule has 0 aromatic carbocycles. The lowest BCUT2D eigenvalue weighted by Crippen LogP contribution is -2.46. The molecule has 6 heteroatoms. The third-order valence-corrected chi connectivity index (χ3v) is 4.75. The van der Waals surface area contributed by atoms with Crippen molar-refractivity contribution in [1.82, 2.24) is 8.61 Å². The first-order chi connectivity index (χ1) is 6.78. The van der Waals surface area contributed by atoms with E-state index in [0.29, 0.717) is 12.8 Å². The maximum Gasteiger partial charge on any atom is 0.281 e. The predicted octanol–water partition coefficient (Wildman–Crippen LogP) is 0.0297. The van der Waals surface area contributed by atoms with Crippen molar-refractivity contribution in [2.24, 2.45) is 0 Å². The molecule has 0 atom stereocenters. The van der Waals surface area contributed by atoms with Crippen LogP contribution < -0.4 is 0 Å². The van der Waals surface area contributed by atoms with E-state index in [-0.39, 0.29) is 6.54 Å². The summed E-state index contributed by atoms with van der Waals surface area (Å²) in [6, 6.07) is 0. The highest BCUT2D eigenvalue weighted by Gasteiger charge is 2.35. The molecule has 90 valence electrons. The molecule has 1 aliphatic carbocycles. The van der Waals surface area contributed by atoms with Gasteiger partial charge in [-0.05, 0) is 12.8 Å². The van der Waals surface area contributed by atoms with Gasteiger partial charge in [0.2, 0.25) is 0 Å². The molecule has 1 saturated carbocycles. The summed E-state index contributed by atoms with van der Waals surface area (Å²) in [7, 11) is 1.09. The zero-order valence-electron chi connectivity index (χ0n) is 9.60. The van der Waals surface area contributed by atoms with Gasteiger partial charge in [-0.15, -0.1) is 0 Å². The molecule has 1 aliphatic rings. The Balaban J connectivity index is 2.66. The summed E-state index contributed by atoms with van der Waals surface area (Å²) in [5.41, 5.74) is -0.822. The van der Waals surface area contributed by atoms with Gasteiger partial charge >= 0.3 is 0 Å². The van der Waals surface area contributed by atoms with E-state index in [1.54, 1.807) is 0 Å². The second kappa shape index (κ2) is 4.37. The fourth-order valence-corrected chi connectivity index (χ4v) is 2.93. The topological polar surface area (TPSA) is 60.9 Å². The van der Waals surface area contributed by atoms with E-state index in [1.165, 1.54) is 25.4 Å². The second-order valence-corrected chi connectivity index (χ2v) is 6.73. The van der Waals surface area contributed by atoms with E-state index in [0.717, 1.165) is 17.1 Å². The Morgan fingerprint density at radius 3 is 2.07 bits per heavy atom. The molecule has 0 saturated heterocycles. The van der Waals surface area contributed by atoms with Gasteiger partial charge in [-0.2, -0.15) is 17.0 Å². The highest BCUT2D eigenvalue weighted by atomic mass is 32.2. The molecule has 15 heavy (non-hydrogen) atoms. The molecule has 0 unspecified atom stereocenters. The van der Waals surface area contributed by atoms with Crippen molar-refractivity contribution < 1.29 is 13.5 Å². The van der Waals surface area contributed by atoms with Crippen LogP contribution >= 0.6 is 0 Å². The predicted molar refractivity (Wildman–Crippen MR) is 58.7 cm³/mol. The minimum absolute atomic E-state index is 0.188. The summed E-state index contributed by atoms with van der Waals surface area (Å²) in [6.07, 6.45) is 3.35. The smallest absolute Gasteiger partial charge is 0.281 e. The van der Waals surface area contributed by atoms with Crippen molar-refractivity contribution in [1.29, 1.82) is 0 Å². The van der Waals surface area contributed by atoms with Crippen molar-refractivity contribution in [3.05, 3.63) is 0 Å². The number of hydrogen-bond donors (Lipinski definition) is 1. The molecule has 1 rings (SSSR count). The Labute approximate surface area is 91.9 Å². The highest BCUT2D eigenvalue weighted by Crippen LogP contribution is 2.30. The normalized spacial score (nSPS) is 21.5. The Bertz CT molecular complexity index is 307. The largest absolute Gasteiger partial charge is 0.389 e. The zero-order chi connectivity index (χ0) is 11.7. The molecule has 5 nitrogen and oxygen atoms in total. The molecular formula is C9H20N2O3S. The van der Waals surface area contributed by atoms with Gasteiger partial charge in [-0.25, -0.2) is 0 Å². The van der Waals surface area contributed by atoms with Crippen molar-refractivity contribution in [2.45, 2.75) is 31.3 Å². The molecule has 1 fully saturated rings. The van der Waals surface area contributed by atoms with E-state index >= 15 is 0 Å². The Morgan fingerprint density at radius 2 is 1.67 bits per heavy atom. The van der Waals surface area contributed by atoms with Crippen LogP contribution in [0, 0.1) is 0 Å². The van der Waals surface area contributed by atoms with Gasteiger partial charge in [0.15, 0.2) is 0 Å². The van der Waals surface area contributed by atoms with Gasteiger partial charge in [-0.1, -0.05) is 12.8 Å². The van der Waals surface area contributed by atoms with Gasteiger partial charge in [0, 0.05) is 27.7 Å². The lowest BCUT2D eigenvalue weighted by atomic mass is 10.0. The van der Waals surface area contributed by atoms with E-state index in [2.05, 4.69) is 0 Å². The lowest BCUT2D eigenvalue weighted by Gasteiger charge is -2.29. The van der Waals surface area contributed by atoms with E-state index in [4.69, 9.17) is 0 Å². The molecule has 0 aliphatic heterocycles. The molecular weight excluding hydrogens is 216 g/mol. The monoisotopic (exact) mass is 236 g/mol. The standard InChI is InChI=1S/C9H20N2O3S/c1-10(2)15(13,14)11(3)8-9(12)6-4-5-7-9/h12H,4-8H2,1-3H3. The minimum Gasteiger partial charge on any atom is -0.389 e. The quantitative estimate of drug-likeness (QED) is 0.749. The Hall–Kier alpha value is -0.170. The van der Waals surface area contributed by atoms with Crippen LogP contribution in [-0.2, 0) is 10.2 Å². The Kier molecular flexibility index (Phi) is 3.76. The second-order valence-electron chi connectivity index (χ2n) is 4.48. The van der Waals surface area contributed by atoms with Crippen molar-refractivity contribution in [3.8, 4) is 0 Å². The zero-order valence-corrected chi connectivity index (χ0v) is 10.4. The third-order valence-electron chi connectivity index (χ3n) is 2.91. The first-order valence-electron chi connectivity index (χ1n) is 5.14. The third kappa shape index (κ3) is 2.90. The fourth-order valence-electron chi connectivity index (χ4n) is 1.97. The van der Waals surface area contributed by atoms with Crippen LogP contribution in [0.1, 0.15) is 25.7 Å². The Morgan fingerprint density at radius 1 is 1.20 bits per heavy atom. The lowest BCUT2D eigenvalue weighted by molar-refractivity contribution is 0.0325. The maximum atomic E-state index is 11.7. The van der Waals surface area contributed by atoms with E-state index < -0.39 is 15.8 Å². The highest BCUT2D eigenvalue weighted by molar-refractivity contribution is 7.86.